The smallest absolute Gasteiger partial charge is 0.254 e. The minimum atomic E-state index is -0.121. The highest BCUT2D eigenvalue weighted by molar-refractivity contribution is 5.94. The Morgan fingerprint density at radius 2 is 1.81 bits per heavy atom. The van der Waals surface area contributed by atoms with Gasteiger partial charge in [0.15, 0.2) is 5.82 Å². The SMILES string of the molecule is Cc1noc([C@@H]2CCCCN2C(=O)c2ccc(N3CCN(C)CC3)cc2)n1. The van der Waals surface area contributed by atoms with Gasteiger partial charge in [-0.2, -0.15) is 4.98 Å². The van der Waals surface area contributed by atoms with E-state index >= 15 is 0 Å². The van der Waals surface area contributed by atoms with Crippen LogP contribution >= 0.6 is 0 Å². The van der Waals surface area contributed by atoms with Gasteiger partial charge in [0.05, 0.1) is 0 Å². The summed E-state index contributed by atoms with van der Waals surface area (Å²) in [5.74, 6) is 1.20. The van der Waals surface area contributed by atoms with Gasteiger partial charge in [0.25, 0.3) is 5.91 Å². The third-order valence-corrected chi connectivity index (χ3v) is 5.57. The minimum Gasteiger partial charge on any atom is -0.369 e. The summed E-state index contributed by atoms with van der Waals surface area (Å²) in [7, 11) is 2.15. The van der Waals surface area contributed by atoms with E-state index in [1.54, 1.807) is 6.92 Å². The Hall–Kier alpha value is -2.41. The van der Waals surface area contributed by atoms with E-state index < -0.39 is 0 Å². The molecule has 0 N–H and O–H groups in total. The first-order valence-corrected chi connectivity index (χ1v) is 9.76. The van der Waals surface area contributed by atoms with E-state index in [2.05, 4.69) is 39.1 Å². The van der Waals surface area contributed by atoms with Gasteiger partial charge in [-0.25, -0.2) is 0 Å². The Kier molecular flexibility index (Phi) is 5.11. The molecule has 1 amide bonds. The van der Waals surface area contributed by atoms with Crippen LogP contribution in [0.2, 0.25) is 0 Å². The monoisotopic (exact) mass is 369 g/mol. The number of hydrogen-bond donors (Lipinski definition) is 0. The van der Waals surface area contributed by atoms with E-state index in [0.29, 0.717) is 11.7 Å². The lowest BCUT2D eigenvalue weighted by Gasteiger charge is -2.35. The minimum absolute atomic E-state index is 0.0421. The number of benzene rings is 1. The maximum atomic E-state index is 13.1. The number of nitrogens with zero attached hydrogens (tertiary/aromatic N) is 5. The number of likely N-dealkylation sites (tertiary alicyclic amines) is 1. The number of carbonyl (C=O) groups excluding carboxylic acids is 1. The molecule has 1 aromatic carbocycles. The molecular formula is C20H27N5O2. The highest BCUT2D eigenvalue weighted by Crippen LogP contribution is 2.31. The predicted molar refractivity (Wildman–Crippen MR) is 103 cm³/mol. The average Bonchev–Trinajstić information content (AvgIpc) is 3.14. The molecule has 0 saturated carbocycles. The predicted octanol–water partition coefficient (Wildman–Crippen LogP) is 2.50. The summed E-state index contributed by atoms with van der Waals surface area (Å²) in [6.07, 6.45) is 2.94. The van der Waals surface area contributed by atoms with Gasteiger partial charge in [-0.3, -0.25) is 4.79 Å². The van der Waals surface area contributed by atoms with E-state index in [1.165, 1.54) is 5.69 Å². The molecule has 2 aliphatic heterocycles. The number of piperidine rings is 1. The van der Waals surface area contributed by atoms with Crippen molar-refractivity contribution in [3.8, 4) is 0 Å². The quantitative estimate of drug-likeness (QED) is 0.828. The lowest BCUT2D eigenvalue weighted by Crippen LogP contribution is -2.44. The van der Waals surface area contributed by atoms with Crippen LogP contribution in [0, 0.1) is 6.92 Å². The van der Waals surface area contributed by atoms with Crippen LogP contribution in [0.15, 0.2) is 28.8 Å². The van der Waals surface area contributed by atoms with Gasteiger partial charge >= 0.3 is 0 Å². The first kappa shape index (κ1) is 18.0. The first-order valence-electron chi connectivity index (χ1n) is 9.76. The van der Waals surface area contributed by atoms with Crippen LogP contribution in [0.4, 0.5) is 5.69 Å². The summed E-state index contributed by atoms with van der Waals surface area (Å²) in [6, 6.07) is 7.90. The number of aryl methyl sites for hydroxylation is 1. The average molecular weight is 369 g/mol. The molecule has 7 nitrogen and oxygen atoms in total. The second-order valence-corrected chi connectivity index (χ2v) is 7.53. The van der Waals surface area contributed by atoms with Crippen LogP contribution in [0.3, 0.4) is 0 Å². The van der Waals surface area contributed by atoms with Crippen molar-refractivity contribution in [1.29, 1.82) is 0 Å². The molecule has 1 atom stereocenters. The maximum absolute atomic E-state index is 13.1. The number of aromatic nitrogens is 2. The van der Waals surface area contributed by atoms with Crippen LogP contribution in [-0.4, -0.2) is 65.6 Å². The third kappa shape index (κ3) is 3.83. The Morgan fingerprint density at radius 3 is 2.48 bits per heavy atom. The highest BCUT2D eigenvalue weighted by atomic mass is 16.5. The second kappa shape index (κ2) is 7.68. The number of piperazine rings is 1. The largest absolute Gasteiger partial charge is 0.369 e. The van der Waals surface area contributed by atoms with Gasteiger partial charge in [-0.05, 0) is 57.5 Å². The van der Waals surface area contributed by atoms with E-state index in [1.807, 2.05) is 17.0 Å². The van der Waals surface area contributed by atoms with Gasteiger partial charge < -0.3 is 19.2 Å². The molecule has 3 heterocycles. The number of hydrogen-bond acceptors (Lipinski definition) is 6. The van der Waals surface area contributed by atoms with E-state index in [0.717, 1.165) is 57.5 Å². The zero-order valence-electron chi connectivity index (χ0n) is 16.1. The van der Waals surface area contributed by atoms with Crippen LogP contribution in [0.25, 0.3) is 0 Å². The third-order valence-electron chi connectivity index (χ3n) is 5.57. The van der Waals surface area contributed by atoms with Gasteiger partial charge in [0.2, 0.25) is 5.89 Å². The molecule has 0 unspecified atom stereocenters. The van der Waals surface area contributed by atoms with Crippen molar-refractivity contribution < 1.29 is 9.32 Å². The van der Waals surface area contributed by atoms with Gasteiger partial charge in [-0.1, -0.05) is 5.16 Å². The summed E-state index contributed by atoms with van der Waals surface area (Å²) in [5, 5.41) is 3.89. The van der Waals surface area contributed by atoms with Gasteiger partial charge in [0.1, 0.15) is 6.04 Å². The number of anilines is 1. The summed E-state index contributed by atoms with van der Waals surface area (Å²) >= 11 is 0. The van der Waals surface area contributed by atoms with Crippen LogP contribution in [-0.2, 0) is 0 Å². The molecule has 2 fully saturated rings. The molecule has 0 spiro atoms. The number of carbonyl (C=O) groups is 1. The van der Waals surface area contributed by atoms with Crippen molar-refractivity contribution in [2.75, 3.05) is 44.7 Å². The fourth-order valence-electron chi connectivity index (χ4n) is 3.93. The molecule has 144 valence electrons. The van der Waals surface area contributed by atoms with Crippen molar-refractivity contribution >= 4 is 11.6 Å². The zero-order valence-corrected chi connectivity index (χ0v) is 16.1. The standard InChI is InChI=1S/C20H27N5O2/c1-15-21-19(27-22-15)18-5-3-4-10-25(18)20(26)16-6-8-17(9-7-16)24-13-11-23(2)12-14-24/h6-9,18H,3-5,10-14H2,1-2H3/t18-/m0/s1. The molecule has 2 saturated heterocycles. The molecule has 0 bridgehead atoms. The lowest BCUT2D eigenvalue weighted by molar-refractivity contribution is 0.0561. The number of likely N-dealkylation sites (N-methyl/N-ethyl adjacent to an activating group) is 1. The number of amides is 1. The molecule has 2 aromatic rings. The Labute approximate surface area is 159 Å². The van der Waals surface area contributed by atoms with Crippen molar-refractivity contribution in [2.45, 2.75) is 32.2 Å². The Bertz CT molecular complexity index is 780. The molecule has 27 heavy (non-hydrogen) atoms. The summed E-state index contributed by atoms with van der Waals surface area (Å²) in [4.78, 5) is 24.1. The lowest BCUT2D eigenvalue weighted by atomic mass is 10.0. The normalized spacial score (nSPS) is 21.5. The van der Waals surface area contributed by atoms with Crippen LogP contribution < -0.4 is 4.90 Å². The fourth-order valence-corrected chi connectivity index (χ4v) is 3.93. The van der Waals surface area contributed by atoms with Crippen molar-refractivity contribution in [3.63, 3.8) is 0 Å². The molecule has 1 aromatic heterocycles. The summed E-state index contributed by atoms with van der Waals surface area (Å²) in [6.45, 7) is 6.71. The van der Waals surface area contributed by atoms with E-state index in [4.69, 9.17) is 4.52 Å². The molecule has 0 radical (unpaired) electrons. The topological polar surface area (TPSA) is 65.7 Å². The Balaban J connectivity index is 1.49. The molecular weight excluding hydrogens is 342 g/mol. The Morgan fingerprint density at radius 1 is 1.07 bits per heavy atom. The molecule has 2 aliphatic rings. The fraction of sp³-hybridized carbons (Fsp3) is 0.550. The second-order valence-electron chi connectivity index (χ2n) is 7.53. The van der Waals surface area contributed by atoms with E-state index in [9.17, 15) is 4.79 Å². The van der Waals surface area contributed by atoms with Crippen molar-refractivity contribution in [1.82, 2.24) is 19.9 Å². The first-order chi connectivity index (χ1) is 13.1. The van der Waals surface area contributed by atoms with Gasteiger partial charge in [0, 0.05) is 44.0 Å². The van der Waals surface area contributed by atoms with Crippen molar-refractivity contribution in [3.05, 3.63) is 41.5 Å². The number of rotatable bonds is 3. The summed E-state index contributed by atoms with van der Waals surface area (Å²) < 4.78 is 5.36. The zero-order chi connectivity index (χ0) is 18.8. The van der Waals surface area contributed by atoms with E-state index in [-0.39, 0.29) is 11.9 Å². The molecule has 4 rings (SSSR count). The highest BCUT2D eigenvalue weighted by Gasteiger charge is 2.32. The van der Waals surface area contributed by atoms with Crippen LogP contribution in [0.5, 0.6) is 0 Å². The van der Waals surface area contributed by atoms with Crippen molar-refractivity contribution in [2.24, 2.45) is 0 Å². The van der Waals surface area contributed by atoms with Crippen LogP contribution in [0.1, 0.15) is 47.4 Å². The molecule has 0 aliphatic carbocycles. The summed E-state index contributed by atoms with van der Waals surface area (Å²) in [5.41, 5.74) is 1.90. The molecule has 7 heteroatoms. The van der Waals surface area contributed by atoms with Gasteiger partial charge in [-0.15, -0.1) is 0 Å². The maximum Gasteiger partial charge on any atom is 0.254 e.